The van der Waals surface area contributed by atoms with Crippen LogP contribution in [0.2, 0.25) is 0 Å². The molecule has 2 aromatic rings. The van der Waals surface area contributed by atoms with Gasteiger partial charge in [0.25, 0.3) is 5.69 Å². The summed E-state index contributed by atoms with van der Waals surface area (Å²) in [4.78, 5) is 15.1. The van der Waals surface area contributed by atoms with Gasteiger partial charge in [-0.25, -0.2) is 0 Å². The van der Waals surface area contributed by atoms with Crippen molar-refractivity contribution in [1.29, 1.82) is 0 Å². The van der Waals surface area contributed by atoms with Gasteiger partial charge < -0.3 is 4.84 Å². The van der Waals surface area contributed by atoms with E-state index in [1.54, 1.807) is 12.1 Å². The molecule has 0 fully saturated rings. The highest BCUT2D eigenvalue weighted by Gasteiger charge is 2.13. The van der Waals surface area contributed by atoms with Gasteiger partial charge in [0.15, 0.2) is 0 Å². The molecule has 0 N–H and O–H groups in total. The molecular formula is C14H11BrN2O3. The molecule has 0 radical (unpaired) electrons. The van der Waals surface area contributed by atoms with Crippen LogP contribution in [0.5, 0.6) is 0 Å². The van der Waals surface area contributed by atoms with Crippen LogP contribution in [-0.4, -0.2) is 17.7 Å². The third-order valence-corrected chi connectivity index (χ3v) is 3.35. The van der Waals surface area contributed by atoms with Crippen LogP contribution >= 0.6 is 15.9 Å². The van der Waals surface area contributed by atoms with Gasteiger partial charge in [0, 0.05) is 27.7 Å². The number of nitrogens with zero attached hydrogens (tertiary/aromatic N) is 2. The van der Waals surface area contributed by atoms with E-state index in [9.17, 15) is 10.1 Å². The predicted octanol–water partition coefficient (Wildman–Crippen LogP) is 3.76. The molecule has 0 aliphatic carbocycles. The zero-order valence-electron chi connectivity index (χ0n) is 10.6. The Kier molecular flexibility index (Phi) is 4.47. The molecular weight excluding hydrogens is 324 g/mol. The van der Waals surface area contributed by atoms with Crippen LogP contribution in [0.25, 0.3) is 0 Å². The fraction of sp³-hybridized carbons (Fsp3) is 0.0714. The number of oxime groups is 1. The van der Waals surface area contributed by atoms with E-state index in [0.717, 1.165) is 15.6 Å². The Morgan fingerprint density at radius 3 is 2.40 bits per heavy atom. The van der Waals surface area contributed by atoms with Crippen LogP contribution < -0.4 is 0 Å². The Balaban J connectivity index is 2.47. The Morgan fingerprint density at radius 1 is 1.20 bits per heavy atom. The summed E-state index contributed by atoms with van der Waals surface area (Å²) in [5, 5.41) is 14.7. The normalized spacial score (nSPS) is 11.2. The lowest BCUT2D eigenvalue weighted by molar-refractivity contribution is -0.384. The Morgan fingerprint density at radius 2 is 1.85 bits per heavy atom. The van der Waals surface area contributed by atoms with Crippen molar-refractivity contribution in [1.82, 2.24) is 0 Å². The standard InChI is InChI=1S/C14H11BrN2O3/c1-20-16-14(12-4-2-3-5-13(12)15)10-6-8-11(9-7-10)17(18)19/h2-9H,1H3/b16-14-. The lowest BCUT2D eigenvalue weighted by Crippen LogP contribution is -2.05. The highest BCUT2D eigenvalue weighted by atomic mass is 79.9. The van der Waals surface area contributed by atoms with Crippen LogP contribution in [0.3, 0.4) is 0 Å². The molecule has 0 bridgehead atoms. The molecule has 0 aromatic heterocycles. The number of halogens is 1. The van der Waals surface area contributed by atoms with Crippen molar-refractivity contribution in [3.05, 3.63) is 74.2 Å². The van der Waals surface area contributed by atoms with E-state index >= 15 is 0 Å². The quantitative estimate of drug-likeness (QED) is 0.485. The van der Waals surface area contributed by atoms with E-state index in [-0.39, 0.29) is 5.69 Å². The van der Waals surface area contributed by atoms with Crippen molar-refractivity contribution in [3.63, 3.8) is 0 Å². The van der Waals surface area contributed by atoms with Crippen LogP contribution in [0.1, 0.15) is 11.1 Å². The molecule has 0 spiro atoms. The Labute approximate surface area is 124 Å². The summed E-state index contributed by atoms with van der Waals surface area (Å²) >= 11 is 3.46. The van der Waals surface area contributed by atoms with Crippen molar-refractivity contribution >= 4 is 27.3 Å². The summed E-state index contributed by atoms with van der Waals surface area (Å²) in [5.41, 5.74) is 2.24. The first-order valence-corrected chi connectivity index (χ1v) is 6.53. The summed E-state index contributed by atoms with van der Waals surface area (Å²) in [5.74, 6) is 0. The largest absolute Gasteiger partial charge is 0.399 e. The second-order valence-corrected chi connectivity index (χ2v) is 4.76. The fourth-order valence-corrected chi connectivity index (χ4v) is 2.22. The third kappa shape index (κ3) is 3.03. The van der Waals surface area contributed by atoms with Gasteiger partial charge in [-0.15, -0.1) is 0 Å². The van der Waals surface area contributed by atoms with E-state index < -0.39 is 4.92 Å². The maximum absolute atomic E-state index is 10.7. The van der Waals surface area contributed by atoms with Crippen LogP contribution in [0.15, 0.2) is 58.2 Å². The second-order valence-electron chi connectivity index (χ2n) is 3.91. The van der Waals surface area contributed by atoms with Gasteiger partial charge in [-0.05, 0) is 18.2 Å². The average molecular weight is 335 g/mol. The minimum absolute atomic E-state index is 0.0395. The molecule has 0 unspecified atom stereocenters. The topological polar surface area (TPSA) is 64.7 Å². The molecule has 2 aromatic carbocycles. The first-order valence-electron chi connectivity index (χ1n) is 5.74. The molecule has 2 rings (SSSR count). The Bertz CT molecular complexity index is 654. The van der Waals surface area contributed by atoms with Crippen molar-refractivity contribution in [2.45, 2.75) is 0 Å². The second kappa shape index (κ2) is 6.29. The molecule has 0 aliphatic heterocycles. The third-order valence-electron chi connectivity index (χ3n) is 2.66. The van der Waals surface area contributed by atoms with Crippen molar-refractivity contribution < 1.29 is 9.76 Å². The average Bonchev–Trinajstić information content (AvgIpc) is 2.46. The van der Waals surface area contributed by atoms with Gasteiger partial charge in [0.05, 0.1) is 4.92 Å². The van der Waals surface area contributed by atoms with Crippen molar-refractivity contribution in [2.24, 2.45) is 5.16 Å². The van der Waals surface area contributed by atoms with E-state index in [2.05, 4.69) is 21.1 Å². The number of hydrogen-bond donors (Lipinski definition) is 0. The number of non-ortho nitro benzene ring substituents is 1. The summed E-state index contributed by atoms with van der Waals surface area (Å²) in [6.07, 6.45) is 0. The minimum Gasteiger partial charge on any atom is -0.399 e. The molecule has 0 aliphatic rings. The lowest BCUT2D eigenvalue weighted by atomic mass is 10.0. The lowest BCUT2D eigenvalue weighted by Gasteiger charge is -2.08. The molecule has 102 valence electrons. The zero-order chi connectivity index (χ0) is 14.5. The first kappa shape index (κ1) is 14.2. The van der Waals surface area contributed by atoms with Crippen LogP contribution in [-0.2, 0) is 4.84 Å². The summed E-state index contributed by atoms with van der Waals surface area (Å²) < 4.78 is 0.870. The SMILES string of the molecule is CO/N=C(/c1ccc([N+](=O)[O-])cc1)c1ccccc1Br. The first-order chi connectivity index (χ1) is 9.63. The van der Waals surface area contributed by atoms with E-state index in [0.29, 0.717) is 5.71 Å². The van der Waals surface area contributed by atoms with Crippen molar-refractivity contribution in [3.8, 4) is 0 Å². The monoisotopic (exact) mass is 334 g/mol. The van der Waals surface area contributed by atoms with Gasteiger partial charge in [0.2, 0.25) is 0 Å². The summed E-state index contributed by atoms with van der Waals surface area (Å²) in [6, 6.07) is 13.7. The fourth-order valence-electron chi connectivity index (χ4n) is 1.74. The summed E-state index contributed by atoms with van der Waals surface area (Å²) in [6.45, 7) is 0. The van der Waals surface area contributed by atoms with E-state index in [4.69, 9.17) is 4.84 Å². The summed E-state index contributed by atoms with van der Waals surface area (Å²) in [7, 11) is 1.46. The van der Waals surface area contributed by atoms with Gasteiger partial charge in [-0.3, -0.25) is 10.1 Å². The van der Waals surface area contributed by atoms with Crippen molar-refractivity contribution in [2.75, 3.05) is 7.11 Å². The molecule has 20 heavy (non-hydrogen) atoms. The number of hydrogen-bond acceptors (Lipinski definition) is 4. The van der Waals surface area contributed by atoms with E-state index in [1.165, 1.54) is 19.2 Å². The van der Waals surface area contributed by atoms with Gasteiger partial charge in [-0.2, -0.15) is 0 Å². The number of nitro benzene ring substituents is 1. The van der Waals surface area contributed by atoms with Crippen LogP contribution in [0.4, 0.5) is 5.69 Å². The van der Waals surface area contributed by atoms with Gasteiger partial charge in [-0.1, -0.05) is 39.3 Å². The Hall–Kier alpha value is -2.21. The highest BCUT2D eigenvalue weighted by molar-refractivity contribution is 9.10. The maximum Gasteiger partial charge on any atom is 0.269 e. The van der Waals surface area contributed by atoms with Crippen LogP contribution in [0, 0.1) is 10.1 Å². The number of rotatable bonds is 4. The molecule has 0 heterocycles. The molecule has 0 amide bonds. The molecule has 0 saturated heterocycles. The number of benzene rings is 2. The molecule has 0 atom stereocenters. The molecule has 5 nitrogen and oxygen atoms in total. The predicted molar refractivity (Wildman–Crippen MR) is 79.9 cm³/mol. The number of nitro groups is 1. The van der Waals surface area contributed by atoms with Gasteiger partial charge >= 0.3 is 0 Å². The smallest absolute Gasteiger partial charge is 0.269 e. The highest BCUT2D eigenvalue weighted by Crippen LogP contribution is 2.22. The minimum atomic E-state index is -0.435. The maximum atomic E-state index is 10.7. The molecule has 6 heteroatoms. The van der Waals surface area contributed by atoms with E-state index in [1.807, 2.05) is 24.3 Å². The van der Waals surface area contributed by atoms with Gasteiger partial charge in [0.1, 0.15) is 12.8 Å². The zero-order valence-corrected chi connectivity index (χ0v) is 12.2. The molecule has 0 saturated carbocycles.